The van der Waals surface area contributed by atoms with E-state index in [1.165, 1.54) is 11.1 Å². The van der Waals surface area contributed by atoms with E-state index < -0.39 is 11.9 Å². The third-order valence-corrected chi connectivity index (χ3v) is 3.29. The highest BCUT2D eigenvalue weighted by Crippen LogP contribution is 2.19. The van der Waals surface area contributed by atoms with Gasteiger partial charge in [-0.05, 0) is 31.4 Å². The van der Waals surface area contributed by atoms with E-state index in [9.17, 15) is 9.59 Å². The molecule has 0 bridgehead atoms. The van der Waals surface area contributed by atoms with Crippen molar-refractivity contribution in [3.05, 3.63) is 29.0 Å². The normalized spacial score (nSPS) is 19.6. The number of piperidine rings is 1. The molecule has 6 heteroatoms. The van der Waals surface area contributed by atoms with Gasteiger partial charge >= 0.3 is 0 Å². The Balaban J connectivity index is 2.20. The summed E-state index contributed by atoms with van der Waals surface area (Å²) in [7, 11) is 0. The zero-order valence-corrected chi connectivity index (χ0v) is 10.6. The van der Waals surface area contributed by atoms with Crippen molar-refractivity contribution in [1.82, 2.24) is 9.88 Å². The van der Waals surface area contributed by atoms with Gasteiger partial charge in [0.25, 0.3) is 5.91 Å². The molecule has 0 radical (unpaired) electrons. The smallest absolute Gasteiger partial charge is 0.256 e. The summed E-state index contributed by atoms with van der Waals surface area (Å²) in [5.41, 5.74) is 5.75. The molecule has 1 aliphatic rings. The van der Waals surface area contributed by atoms with Crippen LogP contribution < -0.4 is 5.73 Å². The van der Waals surface area contributed by atoms with Crippen LogP contribution in [0.25, 0.3) is 0 Å². The third kappa shape index (κ3) is 2.61. The van der Waals surface area contributed by atoms with Gasteiger partial charge in [-0.2, -0.15) is 0 Å². The lowest BCUT2D eigenvalue weighted by Gasteiger charge is -2.33. The van der Waals surface area contributed by atoms with E-state index in [4.69, 9.17) is 17.3 Å². The fourth-order valence-electron chi connectivity index (χ4n) is 2.14. The van der Waals surface area contributed by atoms with E-state index in [-0.39, 0.29) is 5.91 Å². The number of carbonyl (C=O) groups is 2. The van der Waals surface area contributed by atoms with Gasteiger partial charge in [0.2, 0.25) is 5.91 Å². The summed E-state index contributed by atoms with van der Waals surface area (Å²) in [4.78, 5) is 29.0. The van der Waals surface area contributed by atoms with E-state index >= 15 is 0 Å². The van der Waals surface area contributed by atoms with Gasteiger partial charge in [-0.25, -0.2) is 4.98 Å². The number of nitrogens with zero attached hydrogens (tertiary/aromatic N) is 2. The Bertz CT molecular complexity index is 461. The molecule has 2 rings (SSSR count). The number of likely N-dealkylation sites (tertiary alicyclic amines) is 1. The number of pyridine rings is 1. The molecule has 1 unspecified atom stereocenters. The van der Waals surface area contributed by atoms with Crippen LogP contribution in [0.2, 0.25) is 5.15 Å². The molecular formula is C12H14ClN3O2. The Labute approximate surface area is 110 Å². The second kappa shape index (κ2) is 5.35. The molecule has 1 saturated heterocycles. The van der Waals surface area contributed by atoms with Crippen LogP contribution in [-0.4, -0.2) is 34.3 Å². The highest BCUT2D eigenvalue weighted by atomic mass is 35.5. The van der Waals surface area contributed by atoms with Crippen LogP contribution >= 0.6 is 11.6 Å². The highest BCUT2D eigenvalue weighted by Gasteiger charge is 2.31. The summed E-state index contributed by atoms with van der Waals surface area (Å²) in [6, 6.07) is 2.64. The molecule has 1 aromatic rings. The molecule has 2 N–H and O–H groups in total. The molecule has 0 spiro atoms. The average Bonchev–Trinajstić information content (AvgIpc) is 2.39. The summed E-state index contributed by atoms with van der Waals surface area (Å²) >= 11 is 5.67. The van der Waals surface area contributed by atoms with Crippen LogP contribution in [0.4, 0.5) is 0 Å². The van der Waals surface area contributed by atoms with E-state index in [0.717, 1.165) is 12.8 Å². The fourth-order valence-corrected chi connectivity index (χ4v) is 2.25. The lowest BCUT2D eigenvalue weighted by atomic mass is 10.0. The summed E-state index contributed by atoms with van der Waals surface area (Å²) in [6.07, 6.45) is 3.84. The minimum atomic E-state index is -0.512. The average molecular weight is 268 g/mol. The number of primary amides is 1. The van der Waals surface area contributed by atoms with Gasteiger partial charge in [-0.3, -0.25) is 9.59 Å². The third-order valence-electron chi connectivity index (χ3n) is 3.07. The predicted octanol–water partition coefficient (Wildman–Crippen LogP) is 1.21. The lowest BCUT2D eigenvalue weighted by molar-refractivity contribution is -0.123. The summed E-state index contributed by atoms with van der Waals surface area (Å²) in [5.74, 6) is -0.673. The van der Waals surface area contributed by atoms with Crippen molar-refractivity contribution in [3.63, 3.8) is 0 Å². The molecule has 0 aromatic carbocycles. The molecule has 1 atom stereocenters. The molecule has 1 aromatic heterocycles. The Morgan fingerprint density at radius 3 is 2.78 bits per heavy atom. The molecule has 1 fully saturated rings. The number of halogens is 1. The number of aromatic nitrogens is 1. The molecule has 2 amide bonds. The van der Waals surface area contributed by atoms with Crippen molar-refractivity contribution in [2.24, 2.45) is 5.73 Å². The van der Waals surface area contributed by atoms with Crippen LogP contribution in [0.5, 0.6) is 0 Å². The Kier molecular flexibility index (Phi) is 3.81. The van der Waals surface area contributed by atoms with Gasteiger partial charge < -0.3 is 10.6 Å². The standard InChI is InChI=1S/C12H14ClN3O2/c13-10-5-4-8(7-15-10)12(18)16-6-2-1-3-9(16)11(14)17/h4-5,7,9H,1-3,6H2,(H2,14,17). The fraction of sp³-hybridized carbons (Fsp3) is 0.417. The summed E-state index contributed by atoms with van der Waals surface area (Å²) in [5, 5.41) is 0.330. The first-order valence-corrected chi connectivity index (χ1v) is 6.19. The van der Waals surface area contributed by atoms with Crippen molar-refractivity contribution in [2.75, 3.05) is 6.54 Å². The van der Waals surface area contributed by atoms with Crippen LogP contribution in [0, 0.1) is 0 Å². The molecule has 96 valence electrons. The number of amides is 2. The molecule has 0 saturated carbocycles. The van der Waals surface area contributed by atoms with Crippen molar-refractivity contribution >= 4 is 23.4 Å². The summed E-state index contributed by atoms with van der Waals surface area (Å²) in [6.45, 7) is 0.551. The maximum absolute atomic E-state index is 12.3. The van der Waals surface area contributed by atoms with Gasteiger partial charge in [0.1, 0.15) is 11.2 Å². The number of nitrogens with two attached hydrogens (primary N) is 1. The first-order chi connectivity index (χ1) is 8.59. The summed E-state index contributed by atoms with van der Waals surface area (Å²) < 4.78 is 0. The Morgan fingerprint density at radius 2 is 2.17 bits per heavy atom. The number of carbonyl (C=O) groups excluding carboxylic acids is 2. The monoisotopic (exact) mass is 267 g/mol. The second-order valence-electron chi connectivity index (χ2n) is 4.28. The molecule has 2 heterocycles. The van der Waals surface area contributed by atoms with Gasteiger partial charge in [-0.15, -0.1) is 0 Å². The highest BCUT2D eigenvalue weighted by molar-refractivity contribution is 6.29. The van der Waals surface area contributed by atoms with Crippen LogP contribution in [0.1, 0.15) is 29.6 Å². The first-order valence-electron chi connectivity index (χ1n) is 5.81. The largest absolute Gasteiger partial charge is 0.368 e. The predicted molar refractivity (Wildman–Crippen MR) is 67.1 cm³/mol. The van der Waals surface area contributed by atoms with Crippen molar-refractivity contribution in [1.29, 1.82) is 0 Å². The molecule has 1 aliphatic heterocycles. The maximum Gasteiger partial charge on any atom is 0.256 e. The number of hydrogen-bond acceptors (Lipinski definition) is 3. The van der Waals surface area contributed by atoms with Crippen LogP contribution in [0.15, 0.2) is 18.3 Å². The Morgan fingerprint density at radius 1 is 1.39 bits per heavy atom. The van der Waals surface area contributed by atoms with E-state index in [1.54, 1.807) is 12.1 Å². The van der Waals surface area contributed by atoms with E-state index in [1.807, 2.05) is 0 Å². The van der Waals surface area contributed by atoms with Gasteiger partial charge in [0, 0.05) is 12.7 Å². The van der Waals surface area contributed by atoms with Crippen LogP contribution in [0.3, 0.4) is 0 Å². The molecular weight excluding hydrogens is 254 g/mol. The van der Waals surface area contributed by atoms with E-state index in [2.05, 4.69) is 4.98 Å². The van der Waals surface area contributed by atoms with Crippen molar-refractivity contribution < 1.29 is 9.59 Å². The molecule has 5 nitrogen and oxygen atoms in total. The molecule has 0 aliphatic carbocycles. The zero-order chi connectivity index (χ0) is 13.1. The maximum atomic E-state index is 12.3. The topological polar surface area (TPSA) is 76.3 Å². The van der Waals surface area contributed by atoms with Gasteiger partial charge in [0.15, 0.2) is 0 Å². The molecule has 18 heavy (non-hydrogen) atoms. The van der Waals surface area contributed by atoms with E-state index in [0.29, 0.717) is 23.7 Å². The van der Waals surface area contributed by atoms with Gasteiger partial charge in [-0.1, -0.05) is 11.6 Å². The first kappa shape index (κ1) is 12.8. The second-order valence-corrected chi connectivity index (χ2v) is 4.67. The van der Waals surface area contributed by atoms with Gasteiger partial charge in [0.05, 0.1) is 5.56 Å². The van der Waals surface area contributed by atoms with Crippen molar-refractivity contribution in [3.8, 4) is 0 Å². The van der Waals surface area contributed by atoms with Crippen LogP contribution in [-0.2, 0) is 4.79 Å². The Hall–Kier alpha value is -1.62. The van der Waals surface area contributed by atoms with Crippen molar-refractivity contribution in [2.45, 2.75) is 25.3 Å². The lowest BCUT2D eigenvalue weighted by Crippen LogP contribution is -2.50. The SMILES string of the molecule is NC(=O)C1CCCCN1C(=O)c1ccc(Cl)nc1. The number of rotatable bonds is 2. The minimum Gasteiger partial charge on any atom is -0.368 e. The zero-order valence-electron chi connectivity index (χ0n) is 9.80. The number of hydrogen-bond donors (Lipinski definition) is 1. The minimum absolute atomic E-state index is 0.220. The quantitative estimate of drug-likeness (QED) is 0.819.